The molecule has 0 aromatic carbocycles. The lowest BCUT2D eigenvalue weighted by Crippen LogP contribution is -2.59. The van der Waals surface area contributed by atoms with Gasteiger partial charge in [-0.15, -0.1) is 0 Å². The Kier molecular flexibility index (Phi) is 6.84. The average Bonchev–Trinajstić information content (AvgIpc) is 2.44. The molecule has 1 heterocycles. The molecule has 0 bridgehead atoms. The molecule has 0 atom stereocenters. The fourth-order valence-electron chi connectivity index (χ4n) is 2.41. The van der Waals surface area contributed by atoms with Crippen molar-refractivity contribution in [3.05, 3.63) is 0 Å². The summed E-state index contributed by atoms with van der Waals surface area (Å²) < 4.78 is 0. The molecule has 0 saturated carbocycles. The van der Waals surface area contributed by atoms with Gasteiger partial charge < -0.3 is 14.7 Å². The lowest BCUT2D eigenvalue weighted by molar-refractivity contribution is -0.159. The maximum absolute atomic E-state index is 12.3. The van der Waals surface area contributed by atoms with Gasteiger partial charge in [0, 0.05) is 19.3 Å². The third kappa shape index (κ3) is 5.31. The predicted octanol–water partition coefficient (Wildman–Crippen LogP) is 1.86. The lowest BCUT2D eigenvalue weighted by atomic mass is 10.1. The molecule has 1 rings (SSSR count). The van der Waals surface area contributed by atoms with Gasteiger partial charge in [0.15, 0.2) is 0 Å². The van der Waals surface area contributed by atoms with Gasteiger partial charge in [-0.1, -0.05) is 34.6 Å². The highest BCUT2D eigenvalue weighted by atomic mass is 16.2. The van der Waals surface area contributed by atoms with Crippen molar-refractivity contribution in [2.24, 2.45) is 11.8 Å². The van der Waals surface area contributed by atoms with Crippen molar-refractivity contribution in [1.29, 1.82) is 0 Å². The third-order valence-corrected chi connectivity index (χ3v) is 3.55. The van der Waals surface area contributed by atoms with Crippen LogP contribution in [-0.4, -0.2) is 52.4 Å². The standard InChI is InChI=1S/C16H29N3O3/c1-6-14(20)17-9-18(15(21)7-12(2)3)11-19(10-17)16(22)8-13(4)5/h12-13H,6-11H2,1-5H3. The first-order valence-corrected chi connectivity index (χ1v) is 8.07. The number of rotatable bonds is 5. The van der Waals surface area contributed by atoms with Crippen molar-refractivity contribution in [3.8, 4) is 0 Å². The summed E-state index contributed by atoms with van der Waals surface area (Å²) in [6.45, 7) is 10.6. The van der Waals surface area contributed by atoms with E-state index < -0.39 is 0 Å². The maximum atomic E-state index is 12.3. The number of nitrogens with zero attached hydrogens (tertiary/aromatic N) is 3. The van der Waals surface area contributed by atoms with Gasteiger partial charge >= 0.3 is 0 Å². The molecule has 3 amide bonds. The Labute approximate surface area is 133 Å². The van der Waals surface area contributed by atoms with Crippen LogP contribution >= 0.6 is 0 Å². The Balaban J connectivity index is 2.83. The van der Waals surface area contributed by atoms with Crippen LogP contribution in [0, 0.1) is 11.8 Å². The number of amides is 3. The fraction of sp³-hybridized carbons (Fsp3) is 0.812. The van der Waals surface area contributed by atoms with E-state index in [1.165, 1.54) is 0 Å². The van der Waals surface area contributed by atoms with Crippen LogP contribution in [-0.2, 0) is 14.4 Å². The number of carbonyl (C=O) groups excluding carboxylic acids is 3. The first kappa shape index (κ1) is 18.5. The summed E-state index contributed by atoms with van der Waals surface area (Å²) in [6, 6.07) is 0. The normalized spacial score (nSPS) is 15.7. The first-order chi connectivity index (χ1) is 10.2. The van der Waals surface area contributed by atoms with Gasteiger partial charge in [0.05, 0.1) is 20.0 Å². The van der Waals surface area contributed by atoms with Gasteiger partial charge in [0.25, 0.3) is 0 Å². The minimum Gasteiger partial charge on any atom is -0.307 e. The van der Waals surface area contributed by atoms with Crippen LogP contribution in [0.4, 0.5) is 0 Å². The van der Waals surface area contributed by atoms with Crippen LogP contribution in [0.5, 0.6) is 0 Å². The number of hydrogen-bond acceptors (Lipinski definition) is 3. The van der Waals surface area contributed by atoms with Crippen molar-refractivity contribution in [3.63, 3.8) is 0 Å². The van der Waals surface area contributed by atoms with Gasteiger partial charge in [0.1, 0.15) is 0 Å². The Morgan fingerprint density at radius 3 is 1.32 bits per heavy atom. The van der Waals surface area contributed by atoms with E-state index in [9.17, 15) is 14.4 Å². The molecule has 0 aromatic rings. The second-order valence-electron chi connectivity index (χ2n) is 6.77. The molecule has 0 spiro atoms. The van der Waals surface area contributed by atoms with Crippen LogP contribution in [0.25, 0.3) is 0 Å². The Bertz CT molecular complexity index is 391. The Hall–Kier alpha value is -1.59. The zero-order valence-corrected chi connectivity index (χ0v) is 14.5. The highest BCUT2D eigenvalue weighted by Crippen LogP contribution is 2.15. The highest BCUT2D eigenvalue weighted by molar-refractivity contribution is 5.82. The summed E-state index contributed by atoms with van der Waals surface area (Å²) in [5.41, 5.74) is 0. The van der Waals surface area contributed by atoms with Gasteiger partial charge in [-0.2, -0.15) is 0 Å². The van der Waals surface area contributed by atoms with E-state index in [1.807, 2.05) is 27.7 Å². The summed E-state index contributed by atoms with van der Waals surface area (Å²) >= 11 is 0. The van der Waals surface area contributed by atoms with Gasteiger partial charge in [-0.3, -0.25) is 14.4 Å². The van der Waals surface area contributed by atoms with Crippen LogP contribution < -0.4 is 0 Å². The second-order valence-corrected chi connectivity index (χ2v) is 6.77. The van der Waals surface area contributed by atoms with Crippen LogP contribution in [0.1, 0.15) is 53.9 Å². The lowest BCUT2D eigenvalue weighted by Gasteiger charge is -2.42. The molecule has 0 N–H and O–H groups in total. The smallest absolute Gasteiger partial charge is 0.225 e. The number of carbonyl (C=O) groups is 3. The van der Waals surface area contributed by atoms with Gasteiger partial charge in [0.2, 0.25) is 17.7 Å². The van der Waals surface area contributed by atoms with E-state index in [2.05, 4.69) is 0 Å². The monoisotopic (exact) mass is 311 g/mol. The first-order valence-electron chi connectivity index (χ1n) is 8.07. The fourth-order valence-corrected chi connectivity index (χ4v) is 2.41. The summed E-state index contributed by atoms with van der Waals surface area (Å²) in [6.07, 6.45) is 1.24. The summed E-state index contributed by atoms with van der Waals surface area (Å²) in [5.74, 6) is 0.454. The molecule has 1 aliphatic heterocycles. The third-order valence-electron chi connectivity index (χ3n) is 3.55. The Morgan fingerprint density at radius 1 is 0.727 bits per heavy atom. The van der Waals surface area contributed by atoms with Gasteiger partial charge in [-0.25, -0.2) is 0 Å². The molecule has 1 aliphatic rings. The molecule has 0 aliphatic carbocycles. The van der Waals surface area contributed by atoms with Crippen LogP contribution in [0.2, 0.25) is 0 Å². The van der Waals surface area contributed by atoms with E-state index in [4.69, 9.17) is 0 Å². The predicted molar refractivity (Wildman–Crippen MR) is 84.3 cm³/mol. The number of hydrogen-bond donors (Lipinski definition) is 0. The molecular formula is C16H29N3O3. The van der Waals surface area contributed by atoms with Crippen molar-refractivity contribution in [2.75, 3.05) is 20.0 Å². The molecule has 22 heavy (non-hydrogen) atoms. The molecule has 0 aromatic heterocycles. The molecule has 6 heteroatoms. The van der Waals surface area contributed by atoms with Crippen molar-refractivity contribution in [2.45, 2.75) is 53.9 Å². The highest BCUT2D eigenvalue weighted by Gasteiger charge is 2.31. The molecule has 0 radical (unpaired) electrons. The summed E-state index contributed by atoms with van der Waals surface area (Å²) in [5, 5.41) is 0. The SMILES string of the molecule is CCC(=O)N1CN(C(=O)CC(C)C)CN(C(=O)CC(C)C)C1. The molecule has 1 fully saturated rings. The second kappa shape index (κ2) is 8.15. The zero-order valence-electron chi connectivity index (χ0n) is 14.5. The van der Waals surface area contributed by atoms with E-state index in [0.717, 1.165) is 0 Å². The van der Waals surface area contributed by atoms with Crippen LogP contribution in [0.3, 0.4) is 0 Å². The quantitative estimate of drug-likeness (QED) is 0.778. The van der Waals surface area contributed by atoms with E-state index in [1.54, 1.807) is 21.6 Å². The van der Waals surface area contributed by atoms with E-state index >= 15 is 0 Å². The van der Waals surface area contributed by atoms with Crippen molar-refractivity contribution < 1.29 is 14.4 Å². The van der Waals surface area contributed by atoms with Crippen molar-refractivity contribution in [1.82, 2.24) is 14.7 Å². The molecule has 1 saturated heterocycles. The van der Waals surface area contributed by atoms with Crippen molar-refractivity contribution >= 4 is 17.7 Å². The summed E-state index contributed by atoms with van der Waals surface area (Å²) in [4.78, 5) is 41.4. The van der Waals surface area contributed by atoms with E-state index in [0.29, 0.717) is 19.3 Å². The molecule has 126 valence electrons. The topological polar surface area (TPSA) is 60.9 Å². The Morgan fingerprint density at radius 2 is 1.05 bits per heavy atom. The maximum Gasteiger partial charge on any atom is 0.225 e. The molecule has 6 nitrogen and oxygen atoms in total. The van der Waals surface area contributed by atoms with Crippen LogP contribution in [0.15, 0.2) is 0 Å². The average molecular weight is 311 g/mol. The summed E-state index contributed by atoms with van der Waals surface area (Å²) in [7, 11) is 0. The molecule has 0 unspecified atom stereocenters. The minimum absolute atomic E-state index is 0.00838. The zero-order chi connectivity index (χ0) is 16.9. The molecular weight excluding hydrogens is 282 g/mol. The minimum atomic E-state index is -0.0376. The van der Waals surface area contributed by atoms with Gasteiger partial charge in [-0.05, 0) is 11.8 Å². The van der Waals surface area contributed by atoms with E-state index in [-0.39, 0.29) is 49.6 Å². The largest absolute Gasteiger partial charge is 0.307 e.